The second kappa shape index (κ2) is 9.43. The molecule has 0 atom stereocenters. The summed E-state index contributed by atoms with van der Waals surface area (Å²) < 4.78 is 10.9. The Bertz CT molecular complexity index is 1380. The van der Waals surface area contributed by atoms with E-state index in [0.29, 0.717) is 30.7 Å². The Balaban J connectivity index is 1.61. The molecule has 0 aliphatic rings. The Morgan fingerprint density at radius 3 is 1.91 bits per heavy atom. The number of hydrogen-bond donors (Lipinski definition) is 0. The first-order chi connectivity index (χ1) is 16.2. The van der Waals surface area contributed by atoms with Crippen LogP contribution in [0.15, 0.2) is 52.3 Å². The predicted octanol–water partition coefficient (Wildman–Crippen LogP) is 3.86. The number of nitrogens with zero attached hydrogens (tertiary/aromatic N) is 4. The van der Waals surface area contributed by atoms with Crippen LogP contribution in [0.4, 0.5) is 0 Å². The quantitative estimate of drug-likeness (QED) is 0.393. The standard InChI is InChI=1S/C27H32N4O3/c1-17-10-7-11-18(2)21(17)24(22-19(3)12-8-13-20(22)4)34-15-9-14-31-16-28-25-23(31)26(32)30(6)27(33)29(25)5/h7-8,10-13,16,24H,9,14-15H2,1-6H3. The molecule has 0 saturated heterocycles. The highest BCUT2D eigenvalue weighted by Crippen LogP contribution is 2.35. The van der Waals surface area contributed by atoms with E-state index in [-0.39, 0.29) is 17.4 Å². The first kappa shape index (κ1) is 23.7. The smallest absolute Gasteiger partial charge is 0.332 e. The minimum atomic E-state index is -0.379. The van der Waals surface area contributed by atoms with Crippen molar-refractivity contribution < 1.29 is 4.74 Å². The zero-order valence-corrected chi connectivity index (χ0v) is 20.8. The Morgan fingerprint density at radius 2 is 1.38 bits per heavy atom. The monoisotopic (exact) mass is 460 g/mol. The molecule has 0 amide bonds. The van der Waals surface area contributed by atoms with Crippen LogP contribution in [0.1, 0.15) is 45.9 Å². The van der Waals surface area contributed by atoms with Gasteiger partial charge in [0.25, 0.3) is 5.56 Å². The third kappa shape index (κ3) is 4.12. The third-order valence-electron chi connectivity index (χ3n) is 6.65. The summed E-state index contributed by atoms with van der Waals surface area (Å²) >= 11 is 0. The van der Waals surface area contributed by atoms with Crippen molar-refractivity contribution in [2.24, 2.45) is 14.1 Å². The molecule has 178 valence electrons. The fourth-order valence-corrected chi connectivity index (χ4v) is 4.80. The van der Waals surface area contributed by atoms with Gasteiger partial charge in [-0.1, -0.05) is 36.4 Å². The molecule has 7 heteroatoms. The lowest BCUT2D eigenvalue weighted by atomic mass is 9.88. The highest BCUT2D eigenvalue weighted by atomic mass is 16.5. The van der Waals surface area contributed by atoms with Gasteiger partial charge in [0.15, 0.2) is 11.2 Å². The van der Waals surface area contributed by atoms with Gasteiger partial charge in [0, 0.05) is 27.2 Å². The van der Waals surface area contributed by atoms with E-state index in [1.165, 1.54) is 45.0 Å². The van der Waals surface area contributed by atoms with Crippen molar-refractivity contribution in [1.82, 2.24) is 18.7 Å². The van der Waals surface area contributed by atoms with Crippen molar-refractivity contribution in [3.05, 3.63) is 96.9 Å². The molecule has 0 N–H and O–H groups in total. The molecule has 0 radical (unpaired) electrons. The second-order valence-corrected chi connectivity index (χ2v) is 9.03. The van der Waals surface area contributed by atoms with Gasteiger partial charge in [0.1, 0.15) is 6.10 Å². The number of imidazole rings is 1. The van der Waals surface area contributed by atoms with Gasteiger partial charge >= 0.3 is 5.69 Å². The van der Waals surface area contributed by atoms with E-state index in [0.717, 1.165) is 4.57 Å². The van der Waals surface area contributed by atoms with Crippen molar-refractivity contribution >= 4 is 11.2 Å². The first-order valence-corrected chi connectivity index (χ1v) is 11.6. The lowest BCUT2D eigenvalue weighted by molar-refractivity contribution is 0.0745. The number of rotatable bonds is 7. The molecule has 0 spiro atoms. The summed E-state index contributed by atoms with van der Waals surface area (Å²) in [6.07, 6.45) is 2.15. The molecule has 0 aliphatic heterocycles. The van der Waals surface area contributed by atoms with Gasteiger partial charge in [0.05, 0.1) is 6.33 Å². The average Bonchev–Trinajstić information content (AvgIpc) is 3.22. The first-order valence-electron chi connectivity index (χ1n) is 11.6. The molecular weight excluding hydrogens is 428 g/mol. The molecule has 0 unspecified atom stereocenters. The number of aryl methyl sites for hydroxylation is 6. The van der Waals surface area contributed by atoms with Crippen LogP contribution in [0.5, 0.6) is 0 Å². The Labute approximate surface area is 199 Å². The molecule has 4 rings (SSSR count). The van der Waals surface area contributed by atoms with Crippen LogP contribution < -0.4 is 11.2 Å². The molecule has 0 fully saturated rings. The fraction of sp³-hybridized carbons (Fsp3) is 0.370. The lowest BCUT2D eigenvalue weighted by Crippen LogP contribution is -2.37. The van der Waals surface area contributed by atoms with Crippen molar-refractivity contribution in [1.29, 1.82) is 0 Å². The molecular formula is C27H32N4O3. The highest BCUT2D eigenvalue weighted by molar-refractivity contribution is 5.69. The average molecular weight is 461 g/mol. The Morgan fingerprint density at radius 1 is 0.853 bits per heavy atom. The number of fused-ring (bicyclic) bond motifs is 1. The van der Waals surface area contributed by atoms with E-state index in [1.807, 2.05) is 4.57 Å². The molecule has 4 aromatic rings. The van der Waals surface area contributed by atoms with E-state index in [4.69, 9.17) is 4.74 Å². The van der Waals surface area contributed by atoms with Gasteiger partial charge in [-0.05, 0) is 67.5 Å². The Kier molecular flexibility index (Phi) is 6.57. The topological polar surface area (TPSA) is 71.1 Å². The van der Waals surface area contributed by atoms with E-state index >= 15 is 0 Å². The van der Waals surface area contributed by atoms with Crippen LogP contribution in [0.2, 0.25) is 0 Å². The summed E-state index contributed by atoms with van der Waals surface area (Å²) in [7, 11) is 3.12. The lowest BCUT2D eigenvalue weighted by Gasteiger charge is -2.26. The molecule has 2 aromatic carbocycles. The van der Waals surface area contributed by atoms with Crippen LogP contribution in [0, 0.1) is 27.7 Å². The SMILES string of the molecule is Cc1cccc(C)c1C(OCCCn1cnc2c1c(=O)n(C)c(=O)n2C)c1c(C)cccc1C. The molecule has 34 heavy (non-hydrogen) atoms. The summed E-state index contributed by atoms with van der Waals surface area (Å²) in [6, 6.07) is 12.7. The van der Waals surface area contributed by atoms with E-state index in [9.17, 15) is 9.59 Å². The minimum absolute atomic E-state index is 0.171. The van der Waals surface area contributed by atoms with Gasteiger partial charge < -0.3 is 9.30 Å². The number of benzene rings is 2. The summed E-state index contributed by atoms with van der Waals surface area (Å²) in [5.74, 6) is 0. The predicted molar refractivity (Wildman–Crippen MR) is 134 cm³/mol. The van der Waals surface area contributed by atoms with Crippen molar-refractivity contribution in [3.63, 3.8) is 0 Å². The van der Waals surface area contributed by atoms with Crippen LogP contribution in [-0.4, -0.2) is 25.3 Å². The molecule has 0 aliphatic carbocycles. The minimum Gasteiger partial charge on any atom is -0.369 e. The molecule has 0 saturated carbocycles. The number of aromatic nitrogens is 4. The molecule has 7 nitrogen and oxygen atoms in total. The van der Waals surface area contributed by atoms with Gasteiger partial charge in [-0.25, -0.2) is 9.78 Å². The van der Waals surface area contributed by atoms with Crippen molar-refractivity contribution in [3.8, 4) is 0 Å². The third-order valence-corrected chi connectivity index (χ3v) is 6.65. The van der Waals surface area contributed by atoms with Gasteiger partial charge in [-0.3, -0.25) is 13.9 Å². The van der Waals surface area contributed by atoms with Crippen molar-refractivity contribution in [2.45, 2.75) is 46.8 Å². The summed E-state index contributed by atoms with van der Waals surface area (Å²) in [4.78, 5) is 29.2. The van der Waals surface area contributed by atoms with Gasteiger partial charge in [-0.15, -0.1) is 0 Å². The largest absolute Gasteiger partial charge is 0.369 e. The summed E-state index contributed by atoms with van der Waals surface area (Å²) in [5, 5.41) is 0. The molecule has 2 aromatic heterocycles. The van der Waals surface area contributed by atoms with Gasteiger partial charge in [-0.2, -0.15) is 0 Å². The fourth-order valence-electron chi connectivity index (χ4n) is 4.80. The van der Waals surface area contributed by atoms with Crippen molar-refractivity contribution in [2.75, 3.05) is 6.61 Å². The van der Waals surface area contributed by atoms with E-state index in [1.54, 1.807) is 13.4 Å². The Hall–Kier alpha value is -3.45. The number of ether oxygens (including phenoxy) is 1. The van der Waals surface area contributed by atoms with E-state index < -0.39 is 0 Å². The van der Waals surface area contributed by atoms with E-state index in [2.05, 4.69) is 69.1 Å². The number of hydrogen-bond acceptors (Lipinski definition) is 4. The summed E-state index contributed by atoms with van der Waals surface area (Å²) in [5.41, 5.74) is 7.36. The molecule has 2 heterocycles. The molecule has 0 bridgehead atoms. The maximum Gasteiger partial charge on any atom is 0.332 e. The van der Waals surface area contributed by atoms with Crippen LogP contribution in [-0.2, 0) is 25.4 Å². The van der Waals surface area contributed by atoms with Crippen LogP contribution in [0.3, 0.4) is 0 Å². The highest BCUT2D eigenvalue weighted by Gasteiger charge is 2.22. The summed E-state index contributed by atoms with van der Waals surface area (Å²) in [6.45, 7) is 9.59. The maximum absolute atomic E-state index is 12.7. The van der Waals surface area contributed by atoms with Crippen LogP contribution in [0.25, 0.3) is 11.2 Å². The maximum atomic E-state index is 12.7. The zero-order chi connectivity index (χ0) is 24.6. The second-order valence-electron chi connectivity index (χ2n) is 9.03. The van der Waals surface area contributed by atoms with Crippen LogP contribution >= 0.6 is 0 Å². The zero-order valence-electron chi connectivity index (χ0n) is 20.8. The van der Waals surface area contributed by atoms with Gasteiger partial charge in [0.2, 0.25) is 0 Å². The normalized spacial score (nSPS) is 11.6.